The summed E-state index contributed by atoms with van der Waals surface area (Å²) in [5, 5.41) is 4.13. The van der Waals surface area contributed by atoms with E-state index in [9.17, 15) is 9.18 Å². The minimum absolute atomic E-state index is 0.00446. The van der Waals surface area contributed by atoms with Crippen LogP contribution >= 0.6 is 15.9 Å². The summed E-state index contributed by atoms with van der Waals surface area (Å²) in [6, 6.07) is 14.4. The van der Waals surface area contributed by atoms with Crippen molar-refractivity contribution >= 4 is 27.5 Å². The molecule has 28 heavy (non-hydrogen) atoms. The molecule has 1 fully saturated rings. The molecule has 0 bridgehead atoms. The number of piperazine rings is 1. The van der Waals surface area contributed by atoms with Crippen LogP contribution in [0.2, 0.25) is 0 Å². The summed E-state index contributed by atoms with van der Waals surface area (Å²) in [6.45, 7) is 3.65. The van der Waals surface area contributed by atoms with E-state index >= 15 is 0 Å². The van der Waals surface area contributed by atoms with Gasteiger partial charge in [0.25, 0.3) is 5.91 Å². The molecular weight excluding hydrogens is 425 g/mol. The summed E-state index contributed by atoms with van der Waals surface area (Å²) in [7, 11) is 0. The molecule has 5 nitrogen and oxygen atoms in total. The van der Waals surface area contributed by atoms with Crippen LogP contribution in [0, 0.1) is 5.82 Å². The molecule has 0 radical (unpaired) electrons. The van der Waals surface area contributed by atoms with E-state index in [1.54, 1.807) is 12.1 Å². The van der Waals surface area contributed by atoms with Gasteiger partial charge >= 0.3 is 0 Å². The largest absolute Gasteiger partial charge is 0.382 e. The Labute approximate surface area is 171 Å². The minimum atomic E-state index is -0.544. The Hall–Kier alpha value is -2.25. The predicted octanol–water partition coefficient (Wildman–Crippen LogP) is 3.43. The fourth-order valence-electron chi connectivity index (χ4n) is 3.53. The number of rotatable bonds is 4. The quantitative estimate of drug-likeness (QED) is 0.723. The standard InChI is InChI=1S/C21H21BrFN3O2/c22-17-3-1-2-16(12-17)19-13-20(28-24-19)21(27)26-10-8-25(9-11-26)14-15-4-6-18(23)7-5-15/h1-7,12,20H,8-11,13-14H2. The van der Waals surface area contributed by atoms with E-state index in [1.165, 1.54) is 12.1 Å². The highest BCUT2D eigenvalue weighted by atomic mass is 79.9. The molecule has 0 aromatic heterocycles. The first-order valence-electron chi connectivity index (χ1n) is 9.33. The molecule has 1 unspecified atom stereocenters. The summed E-state index contributed by atoms with van der Waals surface area (Å²) in [5.41, 5.74) is 2.84. The number of benzene rings is 2. The Bertz CT molecular complexity index is 879. The number of hydrogen-bond donors (Lipinski definition) is 0. The first kappa shape index (κ1) is 19.1. The van der Waals surface area contributed by atoms with Crippen molar-refractivity contribution in [1.29, 1.82) is 0 Å². The lowest BCUT2D eigenvalue weighted by molar-refractivity contribution is -0.143. The minimum Gasteiger partial charge on any atom is -0.382 e. The van der Waals surface area contributed by atoms with E-state index in [4.69, 9.17) is 4.84 Å². The maximum absolute atomic E-state index is 13.0. The molecule has 0 saturated carbocycles. The normalized spacial score (nSPS) is 20.0. The number of oxime groups is 1. The van der Waals surface area contributed by atoms with E-state index in [-0.39, 0.29) is 11.7 Å². The zero-order valence-corrected chi connectivity index (χ0v) is 16.9. The molecule has 2 heterocycles. The van der Waals surface area contributed by atoms with Crippen LogP contribution in [-0.4, -0.2) is 53.7 Å². The molecule has 1 saturated heterocycles. The predicted molar refractivity (Wildman–Crippen MR) is 108 cm³/mol. The third kappa shape index (κ3) is 4.42. The van der Waals surface area contributed by atoms with Crippen molar-refractivity contribution in [2.75, 3.05) is 26.2 Å². The summed E-state index contributed by atoms with van der Waals surface area (Å²) in [4.78, 5) is 22.4. The Morgan fingerprint density at radius 3 is 2.61 bits per heavy atom. The smallest absolute Gasteiger partial charge is 0.266 e. The van der Waals surface area contributed by atoms with Gasteiger partial charge in [0.15, 0.2) is 0 Å². The maximum atomic E-state index is 13.0. The monoisotopic (exact) mass is 445 g/mol. The molecule has 1 amide bonds. The molecule has 0 aliphatic carbocycles. The van der Waals surface area contributed by atoms with Crippen molar-refractivity contribution in [3.8, 4) is 0 Å². The van der Waals surface area contributed by atoms with Crippen molar-refractivity contribution in [3.63, 3.8) is 0 Å². The maximum Gasteiger partial charge on any atom is 0.266 e. The summed E-state index contributed by atoms with van der Waals surface area (Å²) < 4.78 is 14.0. The lowest BCUT2D eigenvalue weighted by Crippen LogP contribution is -2.51. The highest BCUT2D eigenvalue weighted by molar-refractivity contribution is 9.10. The van der Waals surface area contributed by atoms with Crippen LogP contribution in [0.3, 0.4) is 0 Å². The molecule has 0 spiro atoms. The fourth-order valence-corrected chi connectivity index (χ4v) is 3.93. The van der Waals surface area contributed by atoms with Crippen molar-refractivity contribution in [3.05, 3.63) is 69.9 Å². The van der Waals surface area contributed by atoms with Gasteiger partial charge in [-0.1, -0.05) is 45.4 Å². The number of halogens is 2. The van der Waals surface area contributed by atoms with Crippen LogP contribution in [0.4, 0.5) is 4.39 Å². The summed E-state index contributed by atoms with van der Waals surface area (Å²) >= 11 is 3.45. The highest BCUT2D eigenvalue weighted by Gasteiger charge is 2.33. The zero-order valence-electron chi connectivity index (χ0n) is 15.4. The van der Waals surface area contributed by atoms with Gasteiger partial charge in [0.05, 0.1) is 5.71 Å². The second-order valence-electron chi connectivity index (χ2n) is 7.07. The Balaban J connectivity index is 1.28. The topological polar surface area (TPSA) is 45.1 Å². The van der Waals surface area contributed by atoms with Crippen LogP contribution in [-0.2, 0) is 16.2 Å². The first-order valence-corrected chi connectivity index (χ1v) is 10.1. The molecule has 2 aromatic rings. The van der Waals surface area contributed by atoms with Crippen LogP contribution in [0.15, 0.2) is 58.2 Å². The van der Waals surface area contributed by atoms with Gasteiger partial charge in [0.2, 0.25) is 6.10 Å². The first-order chi connectivity index (χ1) is 13.6. The molecule has 146 valence electrons. The molecule has 7 heteroatoms. The van der Waals surface area contributed by atoms with Crippen LogP contribution in [0.1, 0.15) is 17.5 Å². The average Bonchev–Trinajstić information content (AvgIpc) is 3.20. The van der Waals surface area contributed by atoms with Crippen LogP contribution in [0.25, 0.3) is 0 Å². The van der Waals surface area contributed by atoms with Crippen LogP contribution < -0.4 is 0 Å². The molecule has 4 rings (SSSR count). The van der Waals surface area contributed by atoms with E-state index < -0.39 is 6.10 Å². The van der Waals surface area contributed by atoms with E-state index in [0.29, 0.717) is 19.5 Å². The van der Waals surface area contributed by atoms with Gasteiger partial charge < -0.3 is 9.74 Å². The third-order valence-electron chi connectivity index (χ3n) is 5.11. The number of carbonyl (C=O) groups excluding carboxylic acids is 1. The van der Waals surface area contributed by atoms with Gasteiger partial charge in [-0.25, -0.2) is 4.39 Å². The number of nitrogens with zero attached hydrogens (tertiary/aromatic N) is 3. The van der Waals surface area contributed by atoms with Gasteiger partial charge in [-0.3, -0.25) is 9.69 Å². The molecule has 2 aromatic carbocycles. The molecular formula is C21H21BrFN3O2. The Morgan fingerprint density at radius 2 is 1.89 bits per heavy atom. The van der Waals surface area contributed by atoms with Crippen molar-refractivity contribution in [1.82, 2.24) is 9.80 Å². The van der Waals surface area contributed by atoms with Gasteiger partial charge in [0.1, 0.15) is 5.82 Å². The molecule has 1 atom stereocenters. The third-order valence-corrected chi connectivity index (χ3v) is 5.60. The average molecular weight is 446 g/mol. The Morgan fingerprint density at radius 1 is 1.14 bits per heavy atom. The SMILES string of the molecule is O=C(C1CC(c2cccc(Br)c2)=NO1)N1CCN(Cc2ccc(F)cc2)CC1. The van der Waals surface area contributed by atoms with Gasteiger partial charge in [-0.05, 0) is 29.8 Å². The lowest BCUT2D eigenvalue weighted by atomic mass is 10.0. The number of carbonyl (C=O) groups is 1. The zero-order chi connectivity index (χ0) is 19.5. The summed E-state index contributed by atoms with van der Waals surface area (Å²) in [6.07, 6.45) is -0.0527. The van der Waals surface area contributed by atoms with Gasteiger partial charge in [-0.2, -0.15) is 0 Å². The molecule has 2 aliphatic rings. The highest BCUT2D eigenvalue weighted by Crippen LogP contribution is 2.21. The second-order valence-corrected chi connectivity index (χ2v) is 7.99. The number of amides is 1. The van der Waals surface area contributed by atoms with Gasteiger partial charge in [-0.15, -0.1) is 0 Å². The second kappa shape index (κ2) is 8.41. The van der Waals surface area contributed by atoms with Crippen LogP contribution in [0.5, 0.6) is 0 Å². The van der Waals surface area contributed by atoms with E-state index in [1.807, 2.05) is 29.2 Å². The van der Waals surface area contributed by atoms with E-state index in [0.717, 1.165) is 40.9 Å². The van der Waals surface area contributed by atoms with Gasteiger partial charge in [0, 0.05) is 49.2 Å². The summed E-state index contributed by atoms with van der Waals surface area (Å²) in [5.74, 6) is -0.227. The number of hydrogen-bond acceptors (Lipinski definition) is 4. The Kier molecular flexibility index (Phi) is 5.73. The molecule has 2 aliphatic heterocycles. The fraction of sp³-hybridized carbons (Fsp3) is 0.333. The van der Waals surface area contributed by atoms with E-state index in [2.05, 4.69) is 26.0 Å². The van der Waals surface area contributed by atoms with Crippen molar-refractivity contribution in [2.24, 2.45) is 5.16 Å². The lowest BCUT2D eigenvalue weighted by Gasteiger charge is -2.35. The molecule has 0 N–H and O–H groups in total. The van der Waals surface area contributed by atoms with Crippen molar-refractivity contribution < 1.29 is 14.0 Å². The van der Waals surface area contributed by atoms with Crippen molar-refractivity contribution in [2.45, 2.75) is 19.1 Å².